The zero-order valence-corrected chi connectivity index (χ0v) is 17.3. The van der Waals surface area contributed by atoms with Gasteiger partial charge in [0.1, 0.15) is 11.6 Å². The van der Waals surface area contributed by atoms with Gasteiger partial charge in [0.2, 0.25) is 0 Å². The summed E-state index contributed by atoms with van der Waals surface area (Å²) in [6, 6.07) is 3.42. The first-order chi connectivity index (χ1) is 14.5. The van der Waals surface area contributed by atoms with Crippen LogP contribution in [0.4, 0.5) is 0 Å². The third-order valence-electron chi connectivity index (χ3n) is 9.08. The fourth-order valence-corrected chi connectivity index (χ4v) is 7.35. The first-order valence-electron chi connectivity index (χ1n) is 11.7. The molecule has 160 valence electrons. The van der Waals surface area contributed by atoms with E-state index in [1.54, 1.807) is 6.07 Å². The molecule has 2 heterocycles. The van der Waals surface area contributed by atoms with E-state index in [2.05, 4.69) is 0 Å². The molecule has 4 fully saturated rings. The monoisotopic (exact) mass is 411 g/mol. The number of Topliss-reactive ketones (excluding diaryl/α,β-unsaturated/α-hetero) is 1. The van der Waals surface area contributed by atoms with Crippen molar-refractivity contribution in [2.45, 2.75) is 74.5 Å². The highest BCUT2D eigenvalue weighted by atomic mass is 16.6. The predicted molar refractivity (Wildman–Crippen MR) is 108 cm³/mol. The topological polar surface area (TPSA) is 78.8 Å². The van der Waals surface area contributed by atoms with Gasteiger partial charge in [-0.2, -0.15) is 0 Å². The van der Waals surface area contributed by atoms with Crippen molar-refractivity contribution in [3.8, 4) is 11.5 Å². The van der Waals surface area contributed by atoms with E-state index in [4.69, 9.17) is 9.47 Å². The zero-order valence-electron chi connectivity index (χ0n) is 17.3. The van der Waals surface area contributed by atoms with Gasteiger partial charge < -0.3 is 24.4 Å². The number of rotatable bonds is 5. The number of phenolic OH excluding ortho intramolecular Hbond substituents is 1. The fraction of sp³-hybridized carbons (Fsp3) is 0.708. The van der Waals surface area contributed by atoms with Gasteiger partial charge in [-0.1, -0.05) is 6.07 Å². The largest absolute Gasteiger partial charge is 0.632 e. The van der Waals surface area contributed by atoms with Crippen LogP contribution in [0.2, 0.25) is 0 Å². The number of hydrogen-bond donors (Lipinski definition) is 1. The maximum atomic E-state index is 14.4. The smallest absolute Gasteiger partial charge is 0.174 e. The fourth-order valence-electron chi connectivity index (χ4n) is 7.35. The Labute approximate surface area is 176 Å². The Balaban J connectivity index is 1.45. The molecule has 7 rings (SSSR count). The van der Waals surface area contributed by atoms with Crippen LogP contribution in [0.5, 0.6) is 11.5 Å². The molecular formula is C24H29NO5. The Bertz CT molecular complexity index is 955. The SMILES string of the molecule is O=C1CCC2(OCC3CC3)[C@H]3Cc4ccc(O)c5c4[C@@]2(CC[N@+]3([O-])CC2CC2)[C@H]1O5. The highest BCUT2D eigenvalue weighted by Crippen LogP contribution is 2.67. The number of hydrogen-bond acceptors (Lipinski definition) is 5. The number of quaternary nitrogens is 1. The minimum Gasteiger partial charge on any atom is -0.632 e. The van der Waals surface area contributed by atoms with Gasteiger partial charge in [0.05, 0.1) is 25.1 Å². The summed E-state index contributed by atoms with van der Waals surface area (Å²) in [5, 5.41) is 25.0. The summed E-state index contributed by atoms with van der Waals surface area (Å²) >= 11 is 0. The Morgan fingerprint density at radius 2 is 2.00 bits per heavy atom. The Morgan fingerprint density at radius 1 is 1.20 bits per heavy atom. The third-order valence-corrected chi connectivity index (χ3v) is 9.08. The Morgan fingerprint density at radius 3 is 2.77 bits per heavy atom. The highest BCUT2D eigenvalue weighted by molar-refractivity contribution is 5.90. The summed E-state index contributed by atoms with van der Waals surface area (Å²) in [4.78, 5) is 13.1. The number of aromatic hydroxyl groups is 1. The van der Waals surface area contributed by atoms with Gasteiger partial charge in [0, 0.05) is 30.7 Å². The number of ether oxygens (including phenoxy) is 2. The van der Waals surface area contributed by atoms with E-state index in [-0.39, 0.29) is 22.2 Å². The van der Waals surface area contributed by atoms with Gasteiger partial charge in [-0.05, 0) is 49.7 Å². The number of carbonyl (C=O) groups is 1. The molecule has 0 radical (unpaired) electrons. The van der Waals surface area contributed by atoms with Crippen LogP contribution in [0, 0.1) is 17.0 Å². The minimum absolute atomic E-state index is 0.0935. The van der Waals surface area contributed by atoms with E-state index in [1.165, 1.54) is 12.8 Å². The van der Waals surface area contributed by atoms with Gasteiger partial charge in [-0.15, -0.1) is 0 Å². The molecule has 1 N–H and O–H groups in total. The standard InChI is InChI=1S/C24H29NO5/c26-17-6-5-16-11-19-24(29-13-15-3-4-15)8-7-18(27)22-23(24,20(16)21(17)30-22)9-10-25(19,28)12-14-1-2-14/h5-6,14-15,19,22,26H,1-4,7-13H2/t19-,22+,23+,24?,25+/m1/s1. The van der Waals surface area contributed by atoms with Crippen LogP contribution >= 0.6 is 0 Å². The lowest BCUT2D eigenvalue weighted by atomic mass is 9.48. The molecule has 6 heteroatoms. The summed E-state index contributed by atoms with van der Waals surface area (Å²) < 4.78 is 12.9. The molecular weight excluding hydrogens is 382 g/mol. The van der Waals surface area contributed by atoms with Crippen molar-refractivity contribution in [2.24, 2.45) is 11.8 Å². The van der Waals surface area contributed by atoms with Crippen LogP contribution in [0.1, 0.15) is 56.1 Å². The lowest BCUT2D eigenvalue weighted by molar-refractivity contribution is -0.924. The molecule has 1 unspecified atom stereocenters. The van der Waals surface area contributed by atoms with Crippen molar-refractivity contribution >= 4 is 5.78 Å². The highest BCUT2D eigenvalue weighted by Gasteiger charge is 2.77. The van der Waals surface area contributed by atoms with E-state index in [9.17, 15) is 15.1 Å². The van der Waals surface area contributed by atoms with Crippen LogP contribution in [0.15, 0.2) is 12.1 Å². The lowest BCUT2D eigenvalue weighted by Gasteiger charge is -2.68. The van der Waals surface area contributed by atoms with Crippen LogP contribution in [0.25, 0.3) is 0 Å². The molecule has 2 bridgehead atoms. The lowest BCUT2D eigenvalue weighted by Crippen LogP contribution is -2.81. The Hall–Kier alpha value is -1.63. The van der Waals surface area contributed by atoms with Gasteiger partial charge >= 0.3 is 0 Å². The molecule has 6 aliphatic rings. The number of likely N-dealkylation sites (tertiary alicyclic amines) is 1. The molecule has 3 saturated carbocycles. The number of piperidine rings is 1. The number of carbonyl (C=O) groups excluding carboxylic acids is 1. The van der Waals surface area contributed by atoms with Crippen molar-refractivity contribution in [1.29, 1.82) is 0 Å². The van der Waals surface area contributed by atoms with Gasteiger partial charge in [-0.3, -0.25) is 4.79 Å². The molecule has 1 aromatic carbocycles. The summed E-state index contributed by atoms with van der Waals surface area (Å²) in [5.41, 5.74) is 0.753. The third kappa shape index (κ3) is 2.08. The van der Waals surface area contributed by atoms with Crippen LogP contribution in [-0.2, 0) is 21.4 Å². The van der Waals surface area contributed by atoms with E-state index in [0.717, 1.165) is 24.0 Å². The molecule has 30 heavy (non-hydrogen) atoms. The second-order valence-corrected chi connectivity index (χ2v) is 10.8. The normalized spacial score (nSPS) is 43.3. The summed E-state index contributed by atoms with van der Waals surface area (Å²) in [6.45, 7) is 1.86. The van der Waals surface area contributed by atoms with Crippen LogP contribution in [-0.4, -0.2) is 53.0 Å². The van der Waals surface area contributed by atoms with E-state index in [1.807, 2.05) is 6.07 Å². The second kappa shape index (κ2) is 5.59. The van der Waals surface area contributed by atoms with Crippen LogP contribution < -0.4 is 4.74 Å². The number of nitrogens with zero attached hydrogens (tertiary/aromatic N) is 1. The molecule has 0 amide bonds. The van der Waals surface area contributed by atoms with Crippen molar-refractivity contribution in [3.05, 3.63) is 28.5 Å². The minimum atomic E-state index is -0.672. The summed E-state index contributed by atoms with van der Waals surface area (Å²) in [6.07, 6.45) is 6.31. The van der Waals surface area contributed by atoms with Crippen molar-refractivity contribution in [2.75, 3.05) is 19.7 Å². The van der Waals surface area contributed by atoms with Gasteiger partial charge in [-0.25, -0.2) is 0 Å². The zero-order chi connectivity index (χ0) is 20.3. The molecule has 1 saturated heterocycles. The van der Waals surface area contributed by atoms with Crippen LogP contribution in [0.3, 0.4) is 0 Å². The first-order valence-corrected chi connectivity index (χ1v) is 11.7. The summed E-state index contributed by atoms with van der Waals surface area (Å²) in [5.74, 6) is 1.78. The van der Waals surface area contributed by atoms with Crippen molar-refractivity contribution < 1.29 is 24.0 Å². The molecule has 4 aliphatic carbocycles. The number of phenols is 1. The maximum Gasteiger partial charge on any atom is 0.174 e. The molecule has 1 spiro atoms. The first kappa shape index (κ1) is 18.0. The van der Waals surface area contributed by atoms with E-state index in [0.29, 0.717) is 63.0 Å². The second-order valence-electron chi connectivity index (χ2n) is 10.8. The number of ketones is 1. The Kier molecular flexibility index (Phi) is 3.35. The number of benzene rings is 1. The quantitative estimate of drug-likeness (QED) is 0.595. The van der Waals surface area contributed by atoms with E-state index >= 15 is 0 Å². The van der Waals surface area contributed by atoms with Crippen molar-refractivity contribution in [3.63, 3.8) is 0 Å². The average Bonchev–Trinajstić information content (AvgIpc) is 3.65. The van der Waals surface area contributed by atoms with Gasteiger partial charge in [0.15, 0.2) is 23.4 Å². The number of hydroxylamine groups is 3. The molecule has 5 atom stereocenters. The molecule has 0 aromatic heterocycles. The van der Waals surface area contributed by atoms with E-state index < -0.39 is 17.1 Å². The average molecular weight is 411 g/mol. The predicted octanol–water partition coefficient (Wildman–Crippen LogP) is 2.97. The molecule has 2 aliphatic heterocycles. The van der Waals surface area contributed by atoms with Crippen molar-refractivity contribution in [1.82, 2.24) is 0 Å². The van der Waals surface area contributed by atoms with Gasteiger partial charge in [0.25, 0.3) is 0 Å². The molecule has 6 nitrogen and oxygen atoms in total. The summed E-state index contributed by atoms with van der Waals surface area (Å²) in [7, 11) is 0. The molecule has 1 aromatic rings. The maximum absolute atomic E-state index is 14.4.